The van der Waals surface area contributed by atoms with Gasteiger partial charge in [-0.25, -0.2) is 0 Å². The third-order valence-corrected chi connectivity index (χ3v) is 15.1. The highest BCUT2D eigenvalue weighted by Crippen LogP contribution is 2.70. The molecular formula is C58H45NO. The molecule has 4 saturated carbocycles. The van der Waals surface area contributed by atoms with Crippen LogP contribution in [0, 0.1) is 23.7 Å². The second kappa shape index (κ2) is 13.2. The van der Waals surface area contributed by atoms with Crippen molar-refractivity contribution in [1.29, 1.82) is 0 Å². The molecule has 5 aliphatic rings. The van der Waals surface area contributed by atoms with Crippen LogP contribution in [0.15, 0.2) is 192 Å². The molecule has 1 heterocycles. The van der Waals surface area contributed by atoms with Crippen molar-refractivity contribution in [2.24, 2.45) is 23.7 Å². The smallest absolute Gasteiger partial charge is 0.137 e. The first-order valence-corrected chi connectivity index (χ1v) is 22.0. The van der Waals surface area contributed by atoms with Gasteiger partial charge in [-0.2, -0.15) is 0 Å². The fourth-order valence-electron chi connectivity index (χ4n) is 12.9. The van der Waals surface area contributed by atoms with E-state index in [0.717, 1.165) is 50.8 Å². The molecule has 0 amide bonds. The monoisotopic (exact) mass is 771 g/mol. The Morgan fingerprint density at radius 2 is 0.983 bits per heavy atom. The lowest BCUT2D eigenvalue weighted by molar-refractivity contribution is -0.0399. The van der Waals surface area contributed by atoms with Gasteiger partial charge in [-0.1, -0.05) is 146 Å². The summed E-state index contributed by atoms with van der Waals surface area (Å²) in [5.41, 5.74) is 18.7. The lowest BCUT2D eigenvalue weighted by Crippen LogP contribution is -2.55. The Labute approximate surface area is 351 Å². The largest absolute Gasteiger partial charge is 0.456 e. The van der Waals surface area contributed by atoms with Crippen molar-refractivity contribution in [3.8, 4) is 44.5 Å². The van der Waals surface area contributed by atoms with E-state index in [0.29, 0.717) is 11.8 Å². The first-order valence-electron chi connectivity index (χ1n) is 22.0. The maximum absolute atomic E-state index is 6.57. The lowest BCUT2D eigenvalue weighted by atomic mass is 9.43. The molecule has 1 aromatic heterocycles. The molecule has 0 aliphatic heterocycles. The van der Waals surface area contributed by atoms with Crippen molar-refractivity contribution >= 4 is 39.0 Å². The molecule has 2 nitrogen and oxygen atoms in total. The average Bonchev–Trinajstić information content (AvgIpc) is 3.82. The quantitative estimate of drug-likeness (QED) is 0.167. The first-order chi connectivity index (χ1) is 29.7. The van der Waals surface area contributed by atoms with E-state index in [1.807, 2.05) is 0 Å². The van der Waals surface area contributed by atoms with Crippen molar-refractivity contribution in [2.75, 3.05) is 4.90 Å². The van der Waals surface area contributed by atoms with Gasteiger partial charge in [0.1, 0.15) is 11.2 Å². The molecule has 0 atom stereocenters. The number of benzene rings is 8. The minimum atomic E-state index is 0.0673. The summed E-state index contributed by atoms with van der Waals surface area (Å²) in [6.07, 6.45) is 6.91. The van der Waals surface area contributed by atoms with Gasteiger partial charge in [0.25, 0.3) is 0 Å². The van der Waals surface area contributed by atoms with Crippen LogP contribution in [-0.2, 0) is 5.41 Å². The maximum atomic E-state index is 6.57. The highest BCUT2D eigenvalue weighted by molar-refractivity contribution is 6.06. The number of hydrogen-bond donors (Lipinski definition) is 0. The Morgan fingerprint density at radius 3 is 1.77 bits per heavy atom. The van der Waals surface area contributed by atoms with E-state index >= 15 is 0 Å². The van der Waals surface area contributed by atoms with Crippen LogP contribution in [0.3, 0.4) is 0 Å². The molecule has 1 spiro atoms. The van der Waals surface area contributed by atoms with E-state index in [2.05, 4.69) is 193 Å². The van der Waals surface area contributed by atoms with Gasteiger partial charge in [0.2, 0.25) is 0 Å². The van der Waals surface area contributed by atoms with Crippen molar-refractivity contribution in [2.45, 2.75) is 37.5 Å². The molecule has 4 fully saturated rings. The molecule has 4 bridgehead atoms. The van der Waals surface area contributed by atoms with E-state index in [4.69, 9.17) is 4.42 Å². The fraction of sp³-hybridized carbons (Fsp3) is 0.172. The van der Waals surface area contributed by atoms with Gasteiger partial charge in [0.15, 0.2) is 0 Å². The molecule has 14 rings (SSSR count). The van der Waals surface area contributed by atoms with E-state index in [1.165, 1.54) is 76.6 Å². The van der Waals surface area contributed by atoms with Crippen LogP contribution in [-0.4, -0.2) is 0 Å². The Balaban J connectivity index is 1.04. The molecule has 288 valence electrons. The zero-order valence-electron chi connectivity index (χ0n) is 33.6. The minimum absolute atomic E-state index is 0.0673. The summed E-state index contributed by atoms with van der Waals surface area (Å²) in [7, 11) is 0. The van der Waals surface area contributed by atoms with Crippen molar-refractivity contribution in [3.05, 3.63) is 199 Å². The third-order valence-electron chi connectivity index (χ3n) is 15.1. The highest BCUT2D eigenvalue weighted by atomic mass is 16.3. The van der Waals surface area contributed by atoms with Gasteiger partial charge in [-0.05, 0) is 142 Å². The number of rotatable bonds is 6. The first kappa shape index (κ1) is 34.2. The number of hydrogen-bond acceptors (Lipinski definition) is 2. The van der Waals surface area contributed by atoms with Crippen LogP contribution in [0.4, 0.5) is 17.1 Å². The molecule has 0 N–H and O–H groups in total. The zero-order chi connectivity index (χ0) is 39.4. The molecule has 0 radical (unpaired) electrons. The van der Waals surface area contributed by atoms with Crippen LogP contribution in [0.1, 0.15) is 43.2 Å². The molecule has 0 unspecified atom stereocenters. The van der Waals surface area contributed by atoms with Gasteiger partial charge in [0.05, 0.1) is 5.69 Å². The number of furan rings is 1. The lowest BCUT2D eigenvalue weighted by Gasteiger charge is -2.61. The standard InChI is InChI=1S/C58H45NO/c1-3-12-39(13-4-1)40-22-24-42(25-23-40)47-16-7-9-20-54(47)59(46-26-28-50-49-17-8-10-21-55(49)60-56(50)36-46)45-27-29-52-51(35-45)57-48(41-14-5-2-6-15-41)18-11-19-53(57)58(52)43-31-37-30-38(33-43)34-44(58)32-37/h1-29,35-38,43-44H,30-34H2. The van der Waals surface area contributed by atoms with Crippen LogP contribution in [0.2, 0.25) is 0 Å². The van der Waals surface area contributed by atoms with E-state index < -0.39 is 0 Å². The number of nitrogens with zero attached hydrogens (tertiary/aromatic N) is 1. The Morgan fingerprint density at radius 1 is 0.400 bits per heavy atom. The van der Waals surface area contributed by atoms with Crippen LogP contribution >= 0.6 is 0 Å². The molecule has 5 aliphatic carbocycles. The van der Waals surface area contributed by atoms with Crippen molar-refractivity contribution < 1.29 is 4.42 Å². The van der Waals surface area contributed by atoms with Gasteiger partial charge in [-0.3, -0.25) is 0 Å². The Hall–Kier alpha value is -6.64. The molecule has 0 saturated heterocycles. The summed E-state index contributed by atoms with van der Waals surface area (Å²) < 4.78 is 6.57. The SMILES string of the molecule is c1ccc(-c2ccc(-c3ccccc3N(c3ccc4c(c3)-c3c(-c5ccccc5)cccc3C43C4CC5CC(C4)CC3C5)c3ccc4c(c3)oc3ccccc34)cc2)cc1. The summed E-state index contributed by atoms with van der Waals surface area (Å²) in [6, 6.07) is 69.8. The van der Waals surface area contributed by atoms with Crippen molar-refractivity contribution in [3.63, 3.8) is 0 Å². The van der Waals surface area contributed by atoms with Crippen LogP contribution in [0.5, 0.6) is 0 Å². The van der Waals surface area contributed by atoms with Crippen LogP contribution < -0.4 is 4.90 Å². The summed E-state index contributed by atoms with van der Waals surface area (Å²) >= 11 is 0. The predicted molar refractivity (Wildman–Crippen MR) is 248 cm³/mol. The van der Waals surface area contributed by atoms with E-state index in [9.17, 15) is 0 Å². The maximum Gasteiger partial charge on any atom is 0.137 e. The molecule has 60 heavy (non-hydrogen) atoms. The zero-order valence-corrected chi connectivity index (χ0v) is 33.6. The summed E-state index contributed by atoms with van der Waals surface area (Å²) in [5.74, 6) is 3.17. The summed E-state index contributed by atoms with van der Waals surface area (Å²) in [6.45, 7) is 0. The van der Waals surface area contributed by atoms with Crippen LogP contribution in [0.25, 0.3) is 66.4 Å². The predicted octanol–water partition coefficient (Wildman–Crippen LogP) is 15.8. The second-order valence-corrected chi connectivity index (χ2v) is 18.1. The molecule has 9 aromatic rings. The normalized spacial score (nSPS) is 22.1. The molecular weight excluding hydrogens is 727 g/mol. The Kier molecular flexibility index (Phi) is 7.52. The van der Waals surface area contributed by atoms with Crippen molar-refractivity contribution in [1.82, 2.24) is 0 Å². The second-order valence-electron chi connectivity index (χ2n) is 18.1. The molecule has 2 heteroatoms. The number of fused-ring (bicyclic) bond motifs is 6. The number of anilines is 3. The minimum Gasteiger partial charge on any atom is -0.456 e. The van der Waals surface area contributed by atoms with Gasteiger partial charge >= 0.3 is 0 Å². The average molecular weight is 772 g/mol. The molecule has 8 aromatic carbocycles. The Bertz CT molecular complexity index is 3070. The summed E-state index contributed by atoms with van der Waals surface area (Å²) in [5, 5.41) is 2.28. The van der Waals surface area contributed by atoms with Gasteiger partial charge < -0.3 is 9.32 Å². The van der Waals surface area contributed by atoms with Gasteiger partial charge in [0, 0.05) is 39.2 Å². The van der Waals surface area contributed by atoms with E-state index in [-0.39, 0.29) is 5.41 Å². The fourth-order valence-corrected chi connectivity index (χ4v) is 12.9. The summed E-state index contributed by atoms with van der Waals surface area (Å²) in [4.78, 5) is 2.49. The van der Waals surface area contributed by atoms with E-state index in [1.54, 1.807) is 11.1 Å². The topological polar surface area (TPSA) is 16.4 Å². The number of para-hydroxylation sites is 2. The van der Waals surface area contributed by atoms with Gasteiger partial charge in [-0.15, -0.1) is 0 Å². The highest BCUT2D eigenvalue weighted by Gasteiger charge is 2.61. The third kappa shape index (κ3) is 5.00.